The highest BCUT2D eigenvalue weighted by Gasteiger charge is 2.17. The Hall–Kier alpha value is -3.00. The van der Waals surface area contributed by atoms with Gasteiger partial charge in [-0.05, 0) is 84.8 Å². The van der Waals surface area contributed by atoms with E-state index in [0.717, 1.165) is 64.3 Å². The van der Waals surface area contributed by atoms with Crippen molar-refractivity contribution in [1.29, 1.82) is 0 Å². The first kappa shape index (κ1) is 24.7. The van der Waals surface area contributed by atoms with Gasteiger partial charge < -0.3 is 15.8 Å². The van der Waals surface area contributed by atoms with E-state index >= 15 is 0 Å². The first-order chi connectivity index (χ1) is 17.5. The summed E-state index contributed by atoms with van der Waals surface area (Å²) in [6.45, 7) is 2.29. The molecule has 1 saturated heterocycles. The monoisotopic (exact) mass is 505 g/mol. The van der Waals surface area contributed by atoms with Crippen molar-refractivity contribution >= 4 is 28.5 Å². The number of halogens is 2. The molecule has 3 N–H and O–H groups in total. The van der Waals surface area contributed by atoms with Crippen LogP contribution in [-0.2, 0) is 24.2 Å². The van der Waals surface area contributed by atoms with Gasteiger partial charge in [-0.1, -0.05) is 30.0 Å². The van der Waals surface area contributed by atoms with Crippen molar-refractivity contribution in [1.82, 2.24) is 10.3 Å². The van der Waals surface area contributed by atoms with E-state index in [0.29, 0.717) is 18.3 Å². The maximum absolute atomic E-state index is 13.9. The van der Waals surface area contributed by atoms with Gasteiger partial charge in [0.2, 0.25) is 0 Å². The van der Waals surface area contributed by atoms with Crippen molar-refractivity contribution in [3.63, 3.8) is 0 Å². The molecule has 4 nitrogen and oxygen atoms in total. The molecule has 1 fully saturated rings. The van der Waals surface area contributed by atoms with Crippen LogP contribution in [0.5, 0.6) is 0 Å². The molecule has 0 unspecified atom stereocenters. The van der Waals surface area contributed by atoms with Crippen LogP contribution in [0.2, 0.25) is 0 Å². The van der Waals surface area contributed by atoms with Gasteiger partial charge in [-0.25, -0.2) is 13.8 Å². The molecule has 1 aliphatic heterocycles. The number of anilines is 1. The number of nitrogen functional groups attached to an aromatic ring is 1. The summed E-state index contributed by atoms with van der Waals surface area (Å²) in [5, 5.41) is 4.23. The van der Waals surface area contributed by atoms with E-state index < -0.39 is 11.6 Å². The Morgan fingerprint density at radius 3 is 2.47 bits per heavy atom. The van der Waals surface area contributed by atoms with Gasteiger partial charge in [0, 0.05) is 47.0 Å². The topological polar surface area (TPSA) is 60.2 Å². The Morgan fingerprint density at radius 2 is 1.67 bits per heavy atom. The molecule has 7 heteroatoms. The van der Waals surface area contributed by atoms with E-state index in [-0.39, 0.29) is 12.1 Å². The quantitative estimate of drug-likeness (QED) is 0.286. The van der Waals surface area contributed by atoms with Crippen molar-refractivity contribution in [3.8, 4) is 0 Å². The van der Waals surface area contributed by atoms with E-state index in [2.05, 4.69) is 40.6 Å². The van der Waals surface area contributed by atoms with Gasteiger partial charge in [-0.3, -0.25) is 0 Å². The summed E-state index contributed by atoms with van der Waals surface area (Å²) in [6, 6.07) is 20.5. The number of nitrogens with two attached hydrogens (primary N) is 1. The summed E-state index contributed by atoms with van der Waals surface area (Å²) >= 11 is 1.67. The minimum atomic E-state index is -0.532. The lowest BCUT2D eigenvalue weighted by molar-refractivity contribution is 0.0666. The summed E-state index contributed by atoms with van der Waals surface area (Å²) in [5.41, 5.74) is 9.39. The van der Waals surface area contributed by atoms with E-state index in [1.807, 2.05) is 18.2 Å². The normalized spacial score (nSPS) is 14.4. The maximum Gasteiger partial charge on any atom is 0.130 e. The smallest absolute Gasteiger partial charge is 0.130 e. The molecule has 4 aromatic rings. The number of aromatic nitrogens is 1. The van der Waals surface area contributed by atoms with Gasteiger partial charge in [-0.2, -0.15) is 0 Å². The van der Waals surface area contributed by atoms with E-state index in [1.165, 1.54) is 18.2 Å². The molecule has 2 heterocycles. The molecule has 1 aliphatic rings. The Morgan fingerprint density at radius 1 is 0.917 bits per heavy atom. The lowest BCUT2D eigenvalue weighted by Gasteiger charge is -2.22. The summed E-state index contributed by atoms with van der Waals surface area (Å²) in [6.07, 6.45) is 3.06. The highest BCUT2D eigenvalue weighted by molar-refractivity contribution is 7.99. The predicted octanol–water partition coefficient (Wildman–Crippen LogP) is 6.51. The van der Waals surface area contributed by atoms with Crippen molar-refractivity contribution in [2.45, 2.75) is 42.1 Å². The summed E-state index contributed by atoms with van der Waals surface area (Å²) in [4.78, 5) is 6.86. The Balaban J connectivity index is 1.26. The highest BCUT2D eigenvalue weighted by atomic mass is 32.2. The van der Waals surface area contributed by atoms with E-state index in [9.17, 15) is 8.78 Å². The fraction of sp³-hybridized carbons (Fsp3) is 0.276. The number of fused-ring (bicyclic) bond motifs is 1. The second-order valence-electron chi connectivity index (χ2n) is 9.20. The zero-order valence-electron chi connectivity index (χ0n) is 20.0. The van der Waals surface area contributed by atoms with Crippen molar-refractivity contribution in [3.05, 3.63) is 95.1 Å². The van der Waals surface area contributed by atoms with Gasteiger partial charge in [0.15, 0.2) is 0 Å². The Bertz CT molecular complexity index is 1340. The average molecular weight is 506 g/mol. The van der Waals surface area contributed by atoms with Crippen molar-refractivity contribution in [2.75, 3.05) is 18.9 Å². The standard InChI is InChI=1S/C29H29F2N3OS/c30-26-5-2-6-27(31)25(26)18-33-17-20-3-1-4-23(14-20)36-24-7-8-28-21(16-24)15-22(29(32)34-28)13-19-9-11-35-12-10-19/h1-8,14-16,19,33H,9-13,17-18H2,(H2,32,34). The zero-order chi connectivity index (χ0) is 24.9. The first-order valence-corrected chi connectivity index (χ1v) is 13.0. The van der Waals surface area contributed by atoms with Crippen LogP contribution in [0.15, 0.2) is 76.5 Å². The lowest BCUT2D eigenvalue weighted by Crippen LogP contribution is -2.18. The fourth-order valence-electron chi connectivity index (χ4n) is 4.59. The second kappa shape index (κ2) is 11.4. The number of hydrogen-bond donors (Lipinski definition) is 2. The third kappa shape index (κ3) is 6.03. The molecule has 5 rings (SSSR count). The number of hydrogen-bond acceptors (Lipinski definition) is 5. The summed E-state index contributed by atoms with van der Waals surface area (Å²) < 4.78 is 33.2. The minimum Gasteiger partial charge on any atom is -0.383 e. The van der Waals surface area contributed by atoms with Gasteiger partial charge in [0.25, 0.3) is 0 Å². The molecule has 0 radical (unpaired) electrons. The van der Waals surface area contributed by atoms with Crippen molar-refractivity contribution < 1.29 is 13.5 Å². The van der Waals surface area contributed by atoms with Crippen LogP contribution in [0.25, 0.3) is 10.9 Å². The van der Waals surface area contributed by atoms with Crippen LogP contribution in [0.3, 0.4) is 0 Å². The largest absolute Gasteiger partial charge is 0.383 e. The molecule has 0 aliphatic carbocycles. The molecule has 1 aromatic heterocycles. The molecule has 0 spiro atoms. The first-order valence-electron chi connectivity index (χ1n) is 12.2. The molecular weight excluding hydrogens is 476 g/mol. The number of rotatable bonds is 8. The molecule has 3 aromatic carbocycles. The molecule has 0 atom stereocenters. The Labute approximate surface area is 214 Å². The second-order valence-corrected chi connectivity index (χ2v) is 10.3. The molecular formula is C29H29F2N3OS. The molecule has 0 amide bonds. The van der Waals surface area contributed by atoms with Gasteiger partial charge >= 0.3 is 0 Å². The minimum absolute atomic E-state index is 0.0598. The van der Waals surface area contributed by atoms with Crippen molar-refractivity contribution in [2.24, 2.45) is 5.92 Å². The molecule has 0 bridgehead atoms. The maximum atomic E-state index is 13.9. The van der Waals surface area contributed by atoms with E-state index in [1.54, 1.807) is 11.8 Å². The molecule has 186 valence electrons. The number of pyridine rings is 1. The lowest BCUT2D eigenvalue weighted by atomic mass is 9.92. The van der Waals surface area contributed by atoms with Crippen LogP contribution in [0, 0.1) is 17.6 Å². The zero-order valence-corrected chi connectivity index (χ0v) is 20.8. The summed E-state index contributed by atoms with van der Waals surface area (Å²) in [5.74, 6) is 0.138. The van der Waals surface area contributed by atoms with Crippen LogP contribution < -0.4 is 11.1 Å². The molecule has 0 saturated carbocycles. The van der Waals surface area contributed by atoms with Crippen LogP contribution in [-0.4, -0.2) is 18.2 Å². The third-order valence-corrected chi connectivity index (χ3v) is 7.55. The fourth-order valence-corrected chi connectivity index (χ4v) is 5.54. The average Bonchev–Trinajstić information content (AvgIpc) is 2.87. The van der Waals surface area contributed by atoms with Crippen LogP contribution >= 0.6 is 11.8 Å². The highest BCUT2D eigenvalue weighted by Crippen LogP contribution is 2.32. The van der Waals surface area contributed by atoms with Gasteiger partial charge in [0.05, 0.1) is 5.52 Å². The SMILES string of the molecule is Nc1nc2ccc(Sc3cccc(CNCc4c(F)cccc4F)c3)cc2cc1CC1CCOCC1. The Kier molecular flexibility index (Phi) is 7.80. The number of ether oxygens (including phenoxy) is 1. The van der Waals surface area contributed by atoms with Crippen LogP contribution in [0.1, 0.15) is 29.5 Å². The third-order valence-electron chi connectivity index (χ3n) is 6.57. The predicted molar refractivity (Wildman–Crippen MR) is 141 cm³/mol. The van der Waals surface area contributed by atoms with Gasteiger partial charge in [-0.15, -0.1) is 0 Å². The number of nitrogens with zero attached hydrogens (tertiary/aromatic N) is 1. The van der Waals surface area contributed by atoms with E-state index in [4.69, 9.17) is 10.5 Å². The number of benzene rings is 3. The molecule has 36 heavy (non-hydrogen) atoms. The van der Waals surface area contributed by atoms with Gasteiger partial charge in [0.1, 0.15) is 17.5 Å². The summed E-state index contributed by atoms with van der Waals surface area (Å²) in [7, 11) is 0. The number of nitrogens with one attached hydrogen (secondary N) is 1. The van der Waals surface area contributed by atoms with Crippen LogP contribution in [0.4, 0.5) is 14.6 Å².